The number of anilines is 2. The van der Waals surface area contributed by atoms with Gasteiger partial charge in [-0.1, -0.05) is 30.3 Å². The highest BCUT2D eigenvalue weighted by molar-refractivity contribution is 5.68. The molecule has 0 saturated heterocycles. The first-order valence-electron chi connectivity index (χ1n) is 11.4. The molecule has 2 aromatic carbocycles. The second-order valence-corrected chi connectivity index (χ2v) is 8.73. The number of nitrogens with one attached hydrogen (secondary N) is 1. The topological polar surface area (TPSA) is 74.7 Å². The van der Waals surface area contributed by atoms with E-state index in [4.69, 9.17) is 4.74 Å². The Morgan fingerprint density at radius 2 is 1.97 bits per heavy atom. The number of aliphatic carboxylic acids is 1. The predicted molar refractivity (Wildman–Crippen MR) is 132 cm³/mol. The van der Waals surface area contributed by atoms with Crippen LogP contribution in [0.5, 0.6) is 5.75 Å². The molecule has 1 aromatic heterocycles. The zero-order valence-corrected chi connectivity index (χ0v) is 19.3. The molecule has 1 heterocycles. The third-order valence-corrected chi connectivity index (χ3v) is 6.10. The summed E-state index contributed by atoms with van der Waals surface area (Å²) in [6.45, 7) is 1.39. The number of aromatic nitrogens is 1. The Balaban J connectivity index is 1.36. The second-order valence-electron chi connectivity index (χ2n) is 8.73. The summed E-state index contributed by atoms with van der Waals surface area (Å²) >= 11 is 0. The van der Waals surface area contributed by atoms with Gasteiger partial charge in [0.25, 0.3) is 0 Å². The van der Waals surface area contributed by atoms with Crippen LogP contribution in [-0.2, 0) is 17.6 Å². The number of nitrogens with zero attached hydrogens (tertiary/aromatic N) is 2. The van der Waals surface area contributed by atoms with E-state index in [1.54, 1.807) is 0 Å². The Bertz CT molecular complexity index is 1110. The number of benzene rings is 2. The highest BCUT2D eigenvalue weighted by Gasteiger charge is 2.24. The molecule has 0 spiro atoms. The van der Waals surface area contributed by atoms with Crippen LogP contribution in [0.4, 0.5) is 11.5 Å². The van der Waals surface area contributed by atoms with Gasteiger partial charge in [-0.15, -0.1) is 0 Å². The highest BCUT2D eigenvalue weighted by atomic mass is 16.5. The second kappa shape index (κ2) is 10.4. The zero-order valence-electron chi connectivity index (χ0n) is 19.3. The van der Waals surface area contributed by atoms with Crippen LogP contribution < -0.4 is 15.0 Å². The van der Waals surface area contributed by atoms with Crippen LogP contribution in [0.2, 0.25) is 0 Å². The van der Waals surface area contributed by atoms with Crippen LogP contribution in [0.1, 0.15) is 41.0 Å². The molecule has 0 fully saturated rings. The van der Waals surface area contributed by atoms with E-state index in [2.05, 4.69) is 39.5 Å². The maximum absolute atomic E-state index is 11.4. The summed E-state index contributed by atoms with van der Waals surface area (Å²) in [6, 6.07) is 18.4. The lowest BCUT2D eigenvalue weighted by molar-refractivity contribution is -0.137. The van der Waals surface area contributed by atoms with Crippen molar-refractivity contribution in [3.63, 3.8) is 0 Å². The van der Waals surface area contributed by atoms with Crippen molar-refractivity contribution < 1.29 is 14.6 Å². The summed E-state index contributed by atoms with van der Waals surface area (Å²) in [7, 11) is 4.02. The van der Waals surface area contributed by atoms with E-state index in [1.807, 2.05) is 50.6 Å². The van der Waals surface area contributed by atoms with E-state index in [0.717, 1.165) is 48.6 Å². The standard InChI is InChI=1S/C27H31N3O3/c1-30(2)23-10-12-29-26(18-23)28-11-5-13-33-24-9-8-19-14-22(17-27(31)32)25-7-4-3-6-20(25)15-21(19)16-24/h3-4,6-10,12,16,18,22H,5,11,13-15,17H2,1-2H3,(H,28,29)(H,31,32). The maximum atomic E-state index is 11.4. The van der Waals surface area contributed by atoms with E-state index < -0.39 is 5.97 Å². The van der Waals surface area contributed by atoms with Crippen molar-refractivity contribution >= 4 is 17.5 Å². The summed E-state index contributed by atoms with van der Waals surface area (Å²) < 4.78 is 6.03. The van der Waals surface area contributed by atoms with Crippen LogP contribution in [0.3, 0.4) is 0 Å². The molecule has 3 aromatic rings. The summed E-state index contributed by atoms with van der Waals surface area (Å²) in [5, 5.41) is 12.7. The molecule has 1 unspecified atom stereocenters. The van der Waals surface area contributed by atoms with E-state index in [1.165, 1.54) is 16.7 Å². The van der Waals surface area contributed by atoms with Crippen molar-refractivity contribution in [2.24, 2.45) is 0 Å². The fourth-order valence-corrected chi connectivity index (χ4v) is 4.40. The van der Waals surface area contributed by atoms with Gasteiger partial charge in [-0.25, -0.2) is 4.98 Å². The van der Waals surface area contributed by atoms with Gasteiger partial charge >= 0.3 is 5.97 Å². The number of hydrogen-bond acceptors (Lipinski definition) is 5. The monoisotopic (exact) mass is 445 g/mol. The Labute approximate surface area is 195 Å². The first-order valence-corrected chi connectivity index (χ1v) is 11.4. The molecule has 172 valence electrons. The average molecular weight is 446 g/mol. The van der Waals surface area contributed by atoms with Gasteiger partial charge in [0.15, 0.2) is 0 Å². The molecule has 33 heavy (non-hydrogen) atoms. The molecule has 1 aliphatic rings. The Kier molecular flexibility index (Phi) is 7.13. The molecule has 6 heteroatoms. The summed E-state index contributed by atoms with van der Waals surface area (Å²) in [4.78, 5) is 17.8. The van der Waals surface area contributed by atoms with Crippen molar-refractivity contribution in [2.75, 3.05) is 37.5 Å². The number of carbonyl (C=O) groups is 1. The van der Waals surface area contributed by atoms with Gasteiger partial charge in [-0.3, -0.25) is 4.79 Å². The Morgan fingerprint density at radius 1 is 1.12 bits per heavy atom. The number of pyridine rings is 1. The fraction of sp³-hybridized carbons (Fsp3) is 0.333. The molecule has 1 aliphatic carbocycles. The summed E-state index contributed by atoms with van der Waals surface area (Å²) in [5.41, 5.74) is 5.89. The largest absolute Gasteiger partial charge is 0.494 e. The van der Waals surface area contributed by atoms with E-state index >= 15 is 0 Å². The van der Waals surface area contributed by atoms with Crippen molar-refractivity contribution in [1.82, 2.24) is 4.98 Å². The minimum absolute atomic E-state index is 0.00241. The third-order valence-electron chi connectivity index (χ3n) is 6.10. The number of carboxylic acid groups (broad SMARTS) is 1. The molecule has 0 radical (unpaired) electrons. The number of hydrogen-bond donors (Lipinski definition) is 2. The van der Waals surface area contributed by atoms with Crippen LogP contribution in [0, 0.1) is 0 Å². The average Bonchev–Trinajstić information content (AvgIpc) is 2.95. The molecular weight excluding hydrogens is 414 g/mol. The SMILES string of the molecule is CN(C)c1ccnc(NCCCOc2ccc3c(c2)Cc2ccccc2C(CC(=O)O)C3)c1. The van der Waals surface area contributed by atoms with Gasteiger partial charge in [-0.2, -0.15) is 0 Å². The third kappa shape index (κ3) is 5.83. The quantitative estimate of drug-likeness (QED) is 0.464. The van der Waals surface area contributed by atoms with Crippen molar-refractivity contribution in [3.8, 4) is 5.75 Å². The van der Waals surface area contributed by atoms with E-state index in [9.17, 15) is 9.90 Å². The van der Waals surface area contributed by atoms with Gasteiger partial charge in [-0.05, 0) is 65.6 Å². The Hall–Kier alpha value is -3.54. The first-order chi connectivity index (χ1) is 16.0. The molecule has 6 nitrogen and oxygen atoms in total. The molecule has 0 aliphatic heterocycles. The number of fused-ring (bicyclic) bond motifs is 2. The van der Waals surface area contributed by atoms with Gasteiger partial charge in [0, 0.05) is 38.6 Å². The molecule has 0 saturated carbocycles. The highest BCUT2D eigenvalue weighted by Crippen LogP contribution is 2.35. The van der Waals surface area contributed by atoms with Crippen molar-refractivity contribution in [2.45, 2.75) is 31.6 Å². The van der Waals surface area contributed by atoms with Crippen LogP contribution in [0.25, 0.3) is 0 Å². The molecule has 2 N–H and O–H groups in total. The van der Waals surface area contributed by atoms with Crippen LogP contribution in [0.15, 0.2) is 60.8 Å². The fourth-order valence-electron chi connectivity index (χ4n) is 4.40. The lowest BCUT2D eigenvalue weighted by Crippen LogP contribution is -2.11. The minimum Gasteiger partial charge on any atom is -0.494 e. The summed E-state index contributed by atoms with van der Waals surface area (Å²) in [6.07, 6.45) is 4.35. The van der Waals surface area contributed by atoms with Gasteiger partial charge < -0.3 is 20.1 Å². The molecular formula is C27H31N3O3. The van der Waals surface area contributed by atoms with E-state index in [-0.39, 0.29) is 12.3 Å². The molecule has 1 atom stereocenters. The molecule has 4 rings (SSSR count). The molecule has 0 amide bonds. The number of ether oxygens (including phenoxy) is 1. The van der Waals surface area contributed by atoms with Gasteiger partial charge in [0.05, 0.1) is 13.0 Å². The summed E-state index contributed by atoms with van der Waals surface area (Å²) in [5.74, 6) is 0.962. The normalized spacial score (nSPS) is 14.5. The minimum atomic E-state index is -0.754. The van der Waals surface area contributed by atoms with Crippen molar-refractivity contribution in [1.29, 1.82) is 0 Å². The van der Waals surface area contributed by atoms with Gasteiger partial charge in [0.2, 0.25) is 0 Å². The van der Waals surface area contributed by atoms with E-state index in [0.29, 0.717) is 6.61 Å². The number of rotatable bonds is 9. The van der Waals surface area contributed by atoms with Crippen molar-refractivity contribution in [3.05, 3.63) is 83.0 Å². The predicted octanol–water partition coefficient (Wildman–Crippen LogP) is 4.73. The lowest BCUT2D eigenvalue weighted by Gasteiger charge is -2.16. The Morgan fingerprint density at radius 3 is 2.79 bits per heavy atom. The maximum Gasteiger partial charge on any atom is 0.303 e. The van der Waals surface area contributed by atoms with Crippen LogP contribution in [-0.4, -0.2) is 43.3 Å². The zero-order chi connectivity index (χ0) is 23.2. The van der Waals surface area contributed by atoms with Crippen LogP contribution >= 0.6 is 0 Å². The lowest BCUT2D eigenvalue weighted by atomic mass is 9.89. The van der Waals surface area contributed by atoms with Gasteiger partial charge in [0.1, 0.15) is 11.6 Å². The molecule has 0 bridgehead atoms. The first kappa shape index (κ1) is 22.6. The smallest absolute Gasteiger partial charge is 0.303 e. The number of carboxylic acids is 1.